The Morgan fingerprint density at radius 1 is 1.24 bits per heavy atom. The molecule has 1 aromatic carbocycles. The van der Waals surface area contributed by atoms with Gasteiger partial charge in [0.1, 0.15) is 11.5 Å². The van der Waals surface area contributed by atoms with E-state index >= 15 is 0 Å². The number of ether oxygens (including phenoxy) is 1. The first kappa shape index (κ1) is 11.3. The fourth-order valence-corrected chi connectivity index (χ4v) is 1.51. The number of para-hydroxylation sites is 1. The Hall–Kier alpha value is -2.16. The molecule has 0 N–H and O–H groups in total. The van der Waals surface area contributed by atoms with Crippen LogP contribution in [0.3, 0.4) is 0 Å². The number of Topliss-reactive ketones (excluding diaryl/α,β-unsaturated/α-hetero) is 1. The summed E-state index contributed by atoms with van der Waals surface area (Å²) >= 11 is 0. The summed E-state index contributed by atoms with van der Waals surface area (Å²) in [5.74, 6) is 1.28. The van der Waals surface area contributed by atoms with Crippen molar-refractivity contribution >= 4 is 5.78 Å². The zero-order valence-electron chi connectivity index (χ0n) is 9.59. The minimum atomic E-state index is 0.0736. The Kier molecular flexibility index (Phi) is 3.50. The van der Waals surface area contributed by atoms with E-state index in [9.17, 15) is 4.79 Å². The fraction of sp³-hybridized carbons (Fsp3) is 0.143. The largest absolute Gasteiger partial charge is 0.455 e. The molecule has 0 unspecified atom stereocenters. The van der Waals surface area contributed by atoms with E-state index in [-0.39, 0.29) is 5.78 Å². The number of ketones is 1. The lowest BCUT2D eigenvalue weighted by Crippen LogP contribution is -1.99. The number of carbonyl (C=O) groups is 1. The summed E-state index contributed by atoms with van der Waals surface area (Å²) in [7, 11) is 0. The van der Waals surface area contributed by atoms with Crippen molar-refractivity contribution in [2.75, 3.05) is 0 Å². The van der Waals surface area contributed by atoms with E-state index in [0.29, 0.717) is 23.5 Å². The Bertz CT molecular complexity index is 509. The second-order valence-electron chi connectivity index (χ2n) is 3.56. The molecule has 17 heavy (non-hydrogen) atoms. The summed E-state index contributed by atoms with van der Waals surface area (Å²) in [5, 5.41) is 0. The van der Waals surface area contributed by atoms with Crippen molar-refractivity contribution in [1.82, 2.24) is 4.98 Å². The summed E-state index contributed by atoms with van der Waals surface area (Å²) in [4.78, 5) is 15.7. The summed E-state index contributed by atoms with van der Waals surface area (Å²) < 4.78 is 5.65. The minimum absolute atomic E-state index is 0.0736. The third-order valence-electron chi connectivity index (χ3n) is 2.37. The van der Waals surface area contributed by atoms with Crippen molar-refractivity contribution in [2.45, 2.75) is 13.3 Å². The third-order valence-corrected chi connectivity index (χ3v) is 2.37. The summed E-state index contributed by atoms with van der Waals surface area (Å²) in [6.45, 7) is 1.84. The van der Waals surface area contributed by atoms with Crippen LogP contribution in [0.25, 0.3) is 0 Å². The highest BCUT2D eigenvalue weighted by Crippen LogP contribution is 2.25. The van der Waals surface area contributed by atoms with E-state index in [0.717, 1.165) is 0 Å². The Morgan fingerprint density at radius 2 is 2.06 bits per heavy atom. The molecule has 2 rings (SSSR count). The van der Waals surface area contributed by atoms with Crippen molar-refractivity contribution < 1.29 is 9.53 Å². The van der Waals surface area contributed by atoms with E-state index in [2.05, 4.69) is 4.98 Å². The lowest BCUT2D eigenvalue weighted by Gasteiger charge is -2.09. The van der Waals surface area contributed by atoms with E-state index in [1.165, 1.54) is 0 Å². The molecule has 3 heteroatoms. The van der Waals surface area contributed by atoms with E-state index in [4.69, 9.17) is 4.74 Å². The summed E-state index contributed by atoms with van der Waals surface area (Å²) in [6, 6.07) is 10.8. The van der Waals surface area contributed by atoms with Crippen LogP contribution in [-0.4, -0.2) is 10.8 Å². The highest BCUT2D eigenvalue weighted by atomic mass is 16.5. The van der Waals surface area contributed by atoms with Crippen molar-refractivity contribution in [3.05, 3.63) is 54.4 Å². The predicted molar refractivity (Wildman–Crippen MR) is 65.4 cm³/mol. The maximum atomic E-state index is 11.7. The van der Waals surface area contributed by atoms with Gasteiger partial charge in [-0.2, -0.15) is 0 Å². The van der Waals surface area contributed by atoms with Gasteiger partial charge in [0.05, 0.1) is 11.8 Å². The lowest BCUT2D eigenvalue weighted by atomic mass is 10.1. The van der Waals surface area contributed by atoms with Gasteiger partial charge in [-0.3, -0.25) is 9.78 Å². The molecule has 0 spiro atoms. The van der Waals surface area contributed by atoms with E-state index in [1.54, 1.807) is 36.7 Å². The molecule has 0 bridgehead atoms. The number of aromatic nitrogens is 1. The quantitative estimate of drug-likeness (QED) is 0.751. The van der Waals surface area contributed by atoms with Crippen LogP contribution in [0.2, 0.25) is 0 Å². The molecular formula is C14H13NO2. The molecule has 86 valence electrons. The van der Waals surface area contributed by atoms with Gasteiger partial charge in [0.15, 0.2) is 5.78 Å². The van der Waals surface area contributed by atoms with Crippen LogP contribution < -0.4 is 4.74 Å². The molecule has 0 fully saturated rings. The summed E-state index contributed by atoms with van der Waals surface area (Å²) in [5.41, 5.74) is 0.610. The molecule has 0 saturated carbocycles. The van der Waals surface area contributed by atoms with E-state index in [1.807, 2.05) is 19.1 Å². The fourth-order valence-electron chi connectivity index (χ4n) is 1.51. The maximum absolute atomic E-state index is 11.7. The zero-order chi connectivity index (χ0) is 12.1. The molecule has 0 aliphatic heterocycles. The van der Waals surface area contributed by atoms with Gasteiger partial charge in [0.2, 0.25) is 0 Å². The first-order chi connectivity index (χ1) is 8.31. The van der Waals surface area contributed by atoms with Crippen molar-refractivity contribution in [1.29, 1.82) is 0 Å². The molecule has 1 heterocycles. The predicted octanol–water partition coefficient (Wildman–Crippen LogP) is 3.47. The molecule has 0 aliphatic carbocycles. The van der Waals surface area contributed by atoms with Gasteiger partial charge in [-0.05, 0) is 24.3 Å². The SMILES string of the molecule is CCC(=O)c1ccccc1Oc1cccnc1. The van der Waals surface area contributed by atoms with Gasteiger partial charge in [-0.1, -0.05) is 19.1 Å². The highest BCUT2D eigenvalue weighted by Gasteiger charge is 2.10. The van der Waals surface area contributed by atoms with Gasteiger partial charge in [-0.25, -0.2) is 0 Å². The van der Waals surface area contributed by atoms with Gasteiger partial charge >= 0.3 is 0 Å². The van der Waals surface area contributed by atoms with Crippen molar-refractivity contribution in [3.63, 3.8) is 0 Å². The number of pyridine rings is 1. The standard InChI is InChI=1S/C14H13NO2/c1-2-13(16)12-7-3-4-8-14(12)17-11-6-5-9-15-10-11/h3-10H,2H2,1H3. The smallest absolute Gasteiger partial charge is 0.166 e. The van der Waals surface area contributed by atoms with Gasteiger partial charge in [0, 0.05) is 12.6 Å². The number of hydrogen-bond donors (Lipinski definition) is 0. The van der Waals surface area contributed by atoms with Crippen LogP contribution in [0.15, 0.2) is 48.8 Å². The molecule has 0 saturated heterocycles. The highest BCUT2D eigenvalue weighted by molar-refractivity contribution is 5.98. The number of carbonyl (C=O) groups excluding carboxylic acids is 1. The normalized spacial score (nSPS) is 9.94. The first-order valence-electron chi connectivity index (χ1n) is 5.51. The monoisotopic (exact) mass is 227 g/mol. The second-order valence-corrected chi connectivity index (χ2v) is 3.56. The molecule has 0 aliphatic rings. The number of hydrogen-bond acceptors (Lipinski definition) is 3. The number of benzene rings is 1. The second kappa shape index (κ2) is 5.25. The van der Waals surface area contributed by atoms with Crippen molar-refractivity contribution in [3.8, 4) is 11.5 Å². The molecule has 0 radical (unpaired) electrons. The number of nitrogens with zero attached hydrogens (tertiary/aromatic N) is 1. The van der Waals surface area contributed by atoms with Crippen LogP contribution >= 0.6 is 0 Å². The van der Waals surface area contributed by atoms with Gasteiger partial charge in [-0.15, -0.1) is 0 Å². The van der Waals surface area contributed by atoms with Crippen LogP contribution in [-0.2, 0) is 0 Å². The van der Waals surface area contributed by atoms with Crippen molar-refractivity contribution in [2.24, 2.45) is 0 Å². The first-order valence-corrected chi connectivity index (χ1v) is 5.51. The van der Waals surface area contributed by atoms with Gasteiger partial charge in [0.25, 0.3) is 0 Å². The van der Waals surface area contributed by atoms with Crippen LogP contribution in [0.5, 0.6) is 11.5 Å². The average molecular weight is 227 g/mol. The molecule has 0 atom stereocenters. The Labute approximate surface area is 100 Å². The molecule has 2 aromatic rings. The van der Waals surface area contributed by atoms with Crippen LogP contribution in [0.4, 0.5) is 0 Å². The zero-order valence-corrected chi connectivity index (χ0v) is 9.59. The lowest BCUT2D eigenvalue weighted by molar-refractivity contribution is 0.0986. The summed E-state index contributed by atoms with van der Waals surface area (Å²) in [6.07, 6.45) is 3.76. The molecule has 3 nitrogen and oxygen atoms in total. The Balaban J connectivity index is 2.30. The molecule has 1 aromatic heterocycles. The molecule has 0 amide bonds. The van der Waals surface area contributed by atoms with Crippen LogP contribution in [0, 0.1) is 0 Å². The average Bonchev–Trinajstić information content (AvgIpc) is 2.40. The maximum Gasteiger partial charge on any atom is 0.166 e. The minimum Gasteiger partial charge on any atom is -0.455 e. The third kappa shape index (κ3) is 2.69. The van der Waals surface area contributed by atoms with E-state index < -0.39 is 0 Å². The van der Waals surface area contributed by atoms with Crippen LogP contribution in [0.1, 0.15) is 23.7 Å². The van der Waals surface area contributed by atoms with Gasteiger partial charge < -0.3 is 4.74 Å². The number of rotatable bonds is 4. The topological polar surface area (TPSA) is 39.2 Å². The Morgan fingerprint density at radius 3 is 2.76 bits per heavy atom. The molecular weight excluding hydrogens is 214 g/mol.